The zero-order valence-electron chi connectivity index (χ0n) is 63.6. The number of rotatable bonds is 18. The number of nitrogens with zero attached hydrogens (tertiary/aromatic N) is 6. The summed E-state index contributed by atoms with van der Waals surface area (Å²) in [5, 5.41) is 15.1. The highest BCUT2D eigenvalue weighted by atomic mass is 32.1. The normalized spacial score (nSPS) is 15.9. The quantitative estimate of drug-likeness (QED) is 0.0306. The van der Waals surface area contributed by atoms with Crippen LogP contribution in [0, 0.1) is 65.5 Å². The van der Waals surface area contributed by atoms with Crippen molar-refractivity contribution in [2.75, 3.05) is 42.7 Å². The summed E-state index contributed by atoms with van der Waals surface area (Å²) in [6.07, 6.45) is 25.2. The molecule has 22 nitrogen and oxygen atoms in total. The number of furan rings is 2. The second-order valence-corrected chi connectivity index (χ2v) is 26.6. The molecule has 0 amide bonds. The van der Waals surface area contributed by atoms with Crippen molar-refractivity contribution in [3.05, 3.63) is 320 Å². The van der Waals surface area contributed by atoms with Gasteiger partial charge in [0.2, 0.25) is 0 Å². The molecular formula is C86H85N11O11S. The summed E-state index contributed by atoms with van der Waals surface area (Å²) in [4.78, 5) is 61.4. The molecule has 0 aliphatic carbocycles. The number of nitro groups is 1. The second kappa shape index (κ2) is 34.8. The highest BCUT2D eigenvalue weighted by Gasteiger charge is 2.24. The van der Waals surface area contributed by atoms with Gasteiger partial charge in [-0.15, -0.1) is 0 Å². The van der Waals surface area contributed by atoms with Gasteiger partial charge in [-0.25, -0.2) is 15.0 Å². The highest BCUT2D eigenvalue weighted by Crippen LogP contribution is 2.36. The van der Waals surface area contributed by atoms with Gasteiger partial charge in [0.05, 0.1) is 94.9 Å². The number of hydrogen-bond donors (Lipinski definition) is 5. The van der Waals surface area contributed by atoms with Gasteiger partial charge in [-0.05, 0) is 211 Å². The highest BCUT2D eigenvalue weighted by molar-refractivity contribution is 7.08. The predicted molar refractivity (Wildman–Crippen MR) is 435 cm³/mol. The van der Waals surface area contributed by atoms with Crippen molar-refractivity contribution in [3.8, 4) is 22.8 Å². The number of H-pyrrole nitrogens is 5. The van der Waals surface area contributed by atoms with Gasteiger partial charge in [0, 0.05) is 127 Å². The maximum Gasteiger partial charge on any atom is 0.270 e. The molecule has 0 saturated heterocycles. The minimum atomic E-state index is -0.412. The Kier molecular flexibility index (Phi) is 24.5. The predicted octanol–water partition coefficient (Wildman–Crippen LogP) is 19.6. The summed E-state index contributed by atoms with van der Waals surface area (Å²) in [5.41, 5.74) is 28.6. The molecule has 0 unspecified atom stereocenters. The third-order valence-corrected chi connectivity index (χ3v) is 18.4. The first-order chi connectivity index (χ1) is 52.5. The molecule has 0 spiro atoms. The lowest BCUT2D eigenvalue weighted by atomic mass is 10.0. The van der Waals surface area contributed by atoms with Gasteiger partial charge in [0.1, 0.15) is 57.3 Å². The van der Waals surface area contributed by atoms with Gasteiger partial charge in [-0.1, -0.05) is 12.1 Å². The van der Waals surface area contributed by atoms with Crippen molar-refractivity contribution < 1.29 is 47.0 Å². The van der Waals surface area contributed by atoms with E-state index in [1.807, 2.05) is 133 Å². The van der Waals surface area contributed by atoms with E-state index in [9.17, 15) is 14.9 Å². The number of benzene rings is 2. The van der Waals surface area contributed by atoms with E-state index in [4.69, 9.17) is 37.3 Å². The van der Waals surface area contributed by atoms with Crippen LogP contribution in [-0.4, -0.2) is 108 Å². The van der Waals surface area contributed by atoms with Crippen molar-refractivity contribution in [1.82, 2.24) is 24.9 Å². The van der Waals surface area contributed by atoms with Crippen molar-refractivity contribution in [2.45, 2.75) is 69.2 Å². The molecule has 109 heavy (non-hydrogen) atoms. The van der Waals surface area contributed by atoms with E-state index in [1.54, 1.807) is 97.2 Å². The first-order valence-electron chi connectivity index (χ1n) is 34.6. The molecule has 556 valence electrons. The van der Waals surface area contributed by atoms with Crippen LogP contribution >= 0.6 is 11.3 Å². The Morgan fingerprint density at radius 2 is 1.05 bits per heavy atom. The number of carbonyl (C=O) groups is 1. The molecule has 5 N–H and O–H groups in total. The minimum Gasteiger partial charge on any atom is -0.497 e. The number of thiophene rings is 1. The smallest absolute Gasteiger partial charge is 0.270 e. The number of non-ortho nitro benzene ring substituents is 1. The van der Waals surface area contributed by atoms with E-state index >= 15 is 0 Å². The Morgan fingerprint density at radius 1 is 0.495 bits per heavy atom. The van der Waals surface area contributed by atoms with Gasteiger partial charge in [-0.2, -0.15) is 11.3 Å². The van der Waals surface area contributed by atoms with Crippen molar-refractivity contribution in [2.24, 2.45) is 25.0 Å². The molecule has 8 aromatic heterocycles. The zero-order chi connectivity index (χ0) is 77.6. The number of methoxy groups -OCH3 is 6. The lowest BCUT2D eigenvalue weighted by Crippen LogP contribution is -1.94. The van der Waals surface area contributed by atoms with Crippen LogP contribution in [0.4, 0.5) is 5.69 Å². The summed E-state index contributed by atoms with van der Waals surface area (Å²) in [5.74, 6) is 4.98. The van der Waals surface area contributed by atoms with Gasteiger partial charge in [0.15, 0.2) is 17.8 Å². The van der Waals surface area contributed by atoms with Crippen LogP contribution in [0.3, 0.4) is 0 Å². The third kappa shape index (κ3) is 18.5. The van der Waals surface area contributed by atoms with Crippen LogP contribution < -0.4 is 9.47 Å². The Balaban J connectivity index is 0.000000136. The summed E-state index contributed by atoms with van der Waals surface area (Å²) >= 11 is 1.67. The summed E-state index contributed by atoms with van der Waals surface area (Å²) in [7, 11) is 9.75. The molecule has 13 heterocycles. The Bertz CT molecular complexity index is 5250. The first-order valence-corrected chi connectivity index (χ1v) is 35.6. The largest absolute Gasteiger partial charge is 0.497 e. The van der Waals surface area contributed by atoms with Crippen molar-refractivity contribution in [3.63, 3.8) is 0 Å². The van der Waals surface area contributed by atoms with Crippen LogP contribution in [0.25, 0.3) is 47.2 Å². The van der Waals surface area contributed by atoms with Crippen LogP contribution in [0.2, 0.25) is 0 Å². The monoisotopic (exact) mass is 1480 g/mol. The van der Waals surface area contributed by atoms with Crippen LogP contribution in [-0.2, 0) is 18.9 Å². The number of aliphatic imine (C=N–C) groups is 5. The second-order valence-electron chi connectivity index (χ2n) is 25.8. The van der Waals surface area contributed by atoms with E-state index < -0.39 is 4.92 Å². The molecule has 0 saturated carbocycles. The fourth-order valence-electron chi connectivity index (χ4n) is 12.4. The number of carbonyl (C=O) groups excluding carboxylic acids is 1. The van der Waals surface area contributed by atoms with E-state index in [0.717, 1.165) is 165 Å². The topological polar surface area (TPSA) is 283 Å². The molecule has 10 aromatic rings. The Labute approximate surface area is 636 Å². The van der Waals surface area contributed by atoms with Gasteiger partial charge >= 0.3 is 0 Å². The van der Waals surface area contributed by atoms with E-state index in [1.165, 1.54) is 28.8 Å². The lowest BCUT2D eigenvalue weighted by Gasteiger charge is -2.06. The van der Waals surface area contributed by atoms with Crippen LogP contribution in [0.5, 0.6) is 11.5 Å². The standard InChI is InChI=1S/C20H20N2O3.C18H17N3O3.2C16H16N2O2.C16H16N2OS/c1-12-7-13(2)21-17(12)9-19-20(25-4)10-18(22-19)16-6-5-15(24-3)8-14(16)11-23;1-11-7-12(2)20-16(11)9-17-18(24-3)15(10-19-17)13-5-4-6-14(8-13)21(22)23;1-10-6-11(2)17-13(10)7-15-16(19-3)8-14(18-15)12-4-5-20-9-12;1-10-7-11(2)17-12(10)8-13-16(19-3)9-14(18-13)15-5-4-6-20-15;1-10-6-11(2)17-13(10)7-15-16(19-3)8-14(18-15)12-4-5-20-9-12/h5-11,22H,1-4H3;4-10,20H,1-3H3;3*4-9,17H,1-3H3/b;17-9-;15-7-;13-8-;15-7-. The number of aryl methyl sites for hydroxylation is 8. The van der Waals surface area contributed by atoms with Crippen molar-refractivity contribution >= 4 is 88.3 Å². The molecule has 0 atom stereocenters. The molecule has 0 bridgehead atoms. The first kappa shape index (κ1) is 76.8. The molecular weight excluding hydrogens is 1400 g/mol. The van der Waals surface area contributed by atoms with Gasteiger partial charge in [-0.3, -0.25) is 24.9 Å². The van der Waals surface area contributed by atoms with Crippen LogP contribution in [0.15, 0.2) is 242 Å². The Morgan fingerprint density at radius 3 is 1.50 bits per heavy atom. The van der Waals surface area contributed by atoms with Gasteiger partial charge in [0.25, 0.3) is 5.69 Å². The molecule has 5 aliphatic heterocycles. The minimum absolute atomic E-state index is 0.0390. The van der Waals surface area contributed by atoms with E-state index in [0.29, 0.717) is 34.1 Å². The number of hydrogen-bond acceptors (Lipinski definition) is 17. The van der Waals surface area contributed by atoms with Crippen molar-refractivity contribution in [1.29, 1.82) is 0 Å². The summed E-state index contributed by atoms with van der Waals surface area (Å²) < 4.78 is 42.9. The lowest BCUT2D eigenvalue weighted by molar-refractivity contribution is -0.384. The fourth-order valence-corrected chi connectivity index (χ4v) is 13.1. The maximum absolute atomic E-state index is 11.4. The van der Waals surface area contributed by atoms with Crippen LogP contribution in [0.1, 0.15) is 120 Å². The third-order valence-electron chi connectivity index (χ3n) is 17.7. The van der Waals surface area contributed by atoms with Gasteiger partial charge < -0.3 is 62.2 Å². The average Bonchev–Trinajstić information content (AvgIpc) is 1.62. The molecule has 2 aromatic carbocycles. The maximum atomic E-state index is 11.4. The average molecular weight is 1480 g/mol. The molecule has 0 fully saturated rings. The molecule has 5 aliphatic rings. The number of allylic oxidation sites excluding steroid dienone is 6. The van der Waals surface area contributed by atoms with E-state index in [-0.39, 0.29) is 5.69 Å². The number of nitrogens with one attached hydrogen (secondary N) is 5. The molecule has 0 radical (unpaired) electrons. The molecule has 15 rings (SSSR count). The van der Waals surface area contributed by atoms with E-state index in [2.05, 4.69) is 119 Å². The molecule has 23 heteroatoms. The fraction of sp³-hybridized carbons (Fsp3) is 0.186. The number of aldehydes is 1. The number of aromatic nitrogens is 5. The summed E-state index contributed by atoms with van der Waals surface area (Å²) in [6.45, 7) is 20.4. The Hall–Kier alpha value is -13.3. The summed E-state index contributed by atoms with van der Waals surface area (Å²) in [6, 6.07) is 29.8. The number of ether oxygens (including phenoxy) is 6. The number of nitro benzene ring substituents is 1. The zero-order valence-corrected chi connectivity index (χ0v) is 64.4. The number of aromatic amines is 5. The SMILES string of the molecule is COC1=C(c2cccc([N+](=O)[O-])c2)C=N/C1=C\c1[nH]c(C)cc1C.COC1=CC(c2ccco2)=N/C1=C\c1[nH]c(C)cc1C.COC1=CC(c2ccoc2)=N/C1=C\c1[nH]c(C)cc1C.COC1=CC(c2ccsc2)=N/C1=C\c1[nH]c(C)cc1C.COc1ccc(-c2cc(OC)c(C=C3N=C(C)C=C3C)[nH]2)c(C=O)c1.